The Bertz CT molecular complexity index is 422. The molecule has 1 aromatic carbocycles. The summed E-state index contributed by atoms with van der Waals surface area (Å²) in [6.07, 6.45) is 2.49. The quantitative estimate of drug-likeness (QED) is 0.843. The maximum atomic E-state index is 12.0. The monoisotopic (exact) mass is 358 g/mol. The summed E-state index contributed by atoms with van der Waals surface area (Å²) in [5, 5.41) is 2.98. The van der Waals surface area contributed by atoms with E-state index >= 15 is 0 Å². The van der Waals surface area contributed by atoms with E-state index in [9.17, 15) is 4.79 Å². The molecule has 1 fully saturated rings. The second-order valence-corrected chi connectivity index (χ2v) is 6.17. The van der Waals surface area contributed by atoms with E-state index < -0.39 is 0 Å². The van der Waals surface area contributed by atoms with Gasteiger partial charge in [-0.1, -0.05) is 19.1 Å². The Labute approximate surface area is 122 Å². The molecule has 1 atom stereocenters. The topological polar surface area (TPSA) is 32.3 Å². The molecule has 18 heavy (non-hydrogen) atoms. The van der Waals surface area contributed by atoms with Gasteiger partial charge in [0.25, 0.3) is 0 Å². The van der Waals surface area contributed by atoms with Crippen LogP contribution in [0.1, 0.15) is 19.8 Å². The molecule has 0 aromatic heterocycles. The molecule has 1 N–H and O–H groups in total. The van der Waals surface area contributed by atoms with Crippen LogP contribution in [0.15, 0.2) is 24.3 Å². The summed E-state index contributed by atoms with van der Waals surface area (Å²) in [7, 11) is 0. The highest BCUT2D eigenvalue weighted by atomic mass is 127. The van der Waals surface area contributed by atoms with Crippen LogP contribution in [-0.2, 0) is 4.79 Å². The lowest BCUT2D eigenvalue weighted by molar-refractivity contribution is -0.117. The third-order valence-corrected chi connectivity index (χ3v) is 4.20. The Morgan fingerprint density at radius 1 is 1.50 bits per heavy atom. The number of hydrogen-bond acceptors (Lipinski definition) is 2. The highest BCUT2D eigenvalue weighted by molar-refractivity contribution is 14.1. The number of hydrogen-bond donors (Lipinski definition) is 1. The normalized spacial score (nSPS) is 20.7. The van der Waals surface area contributed by atoms with Crippen LogP contribution < -0.4 is 5.32 Å². The first-order valence-electron chi connectivity index (χ1n) is 6.42. The highest BCUT2D eigenvalue weighted by Crippen LogP contribution is 2.18. The number of nitrogens with one attached hydrogen (secondary N) is 1. The number of anilines is 1. The number of amides is 1. The number of likely N-dealkylation sites (tertiary alicyclic amines) is 1. The number of benzene rings is 1. The Balaban J connectivity index is 1.87. The number of piperidine rings is 1. The van der Waals surface area contributed by atoms with Crippen molar-refractivity contribution in [1.82, 2.24) is 4.90 Å². The molecule has 0 spiro atoms. The van der Waals surface area contributed by atoms with Crippen LogP contribution in [0.25, 0.3) is 0 Å². The molecule has 0 bridgehead atoms. The van der Waals surface area contributed by atoms with Gasteiger partial charge in [0.1, 0.15) is 0 Å². The lowest BCUT2D eigenvalue weighted by atomic mass is 10.0. The summed E-state index contributed by atoms with van der Waals surface area (Å²) in [5.74, 6) is 0.802. The van der Waals surface area contributed by atoms with Crippen LogP contribution in [0.5, 0.6) is 0 Å². The lowest BCUT2D eigenvalue weighted by Gasteiger charge is -2.30. The van der Waals surface area contributed by atoms with E-state index in [-0.39, 0.29) is 5.91 Å². The van der Waals surface area contributed by atoms with Gasteiger partial charge in [-0.2, -0.15) is 0 Å². The van der Waals surface area contributed by atoms with E-state index in [1.165, 1.54) is 12.8 Å². The van der Waals surface area contributed by atoms with Gasteiger partial charge in [0.2, 0.25) is 5.91 Å². The van der Waals surface area contributed by atoms with Crippen molar-refractivity contribution in [3.05, 3.63) is 27.8 Å². The third-order valence-electron chi connectivity index (χ3n) is 3.26. The van der Waals surface area contributed by atoms with Gasteiger partial charge in [-0.15, -0.1) is 0 Å². The van der Waals surface area contributed by atoms with Crippen molar-refractivity contribution in [2.45, 2.75) is 19.8 Å². The molecule has 1 aliphatic heterocycles. The van der Waals surface area contributed by atoms with Crippen molar-refractivity contribution >= 4 is 34.2 Å². The molecule has 0 aliphatic carbocycles. The summed E-state index contributed by atoms with van der Waals surface area (Å²) in [6, 6.07) is 7.86. The minimum absolute atomic E-state index is 0.0909. The fourth-order valence-corrected chi connectivity index (χ4v) is 2.91. The average Bonchev–Trinajstić information content (AvgIpc) is 2.32. The number of halogens is 1. The molecule has 1 aromatic rings. The molecule has 0 radical (unpaired) electrons. The van der Waals surface area contributed by atoms with Crippen LogP contribution in [0.2, 0.25) is 0 Å². The zero-order chi connectivity index (χ0) is 13.0. The molecule has 1 heterocycles. The minimum atomic E-state index is 0.0909. The molecule has 0 saturated carbocycles. The third kappa shape index (κ3) is 3.95. The summed E-state index contributed by atoms with van der Waals surface area (Å²) < 4.78 is 1.08. The van der Waals surface area contributed by atoms with E-state index in [1.54, 1.807) is 0 Å². The van der Waals surface area contributed by atoms with Crippen LogP contribution in [0, 0.1) is 9.49 Å². The average molecular weight is 358 g/mol. The molecular weight excluding hydrogens is 339 g/mol. The summed E-state index contributed by atoms with van der Waals surface area (Å²) >= 11 is 2.24. The van der Waals surface area contributed by atoms with Crippen LogP contribution in [-0.4, -0.2) is 30.4 Å². The fourth-order valence-electron chi connectivity index (χ4n) is 2.39. The number of carbonyl (C=O) groups is 1. The lowest BCUT2D eigenvalue weighted by Crippen LogP contribution is -2.39. The summed E-state index contributed by atoms with van der Waals surface area (Å²) in [5.41, 5.74) is 0.910. The largest absolute Gasteiger partial charge is 0.324 e. The van der Waals surface area contributed by atoms with Crippen molar-refractivity contribution in [2.24, 2.45) is 5.92 Å². The molecule has 1 amide bonds. The number of para-hydroxylation sites is 1. The van der Waals surface area contributed by atoms with Crippen LogP contribution >= 0.6 is 22.6 Å². The molecule has 1 aliphatic rings. The Kier molecular flexibility index (Phi) is 5.00. The molecule has 0 unspecified atom stereocenters. The van der Waals surface area contributed by atoms with Gasteiger partial charge in [0.05, 0.1) is 12.2 Å². The molecule has 1 saturated heterocycles. The standard InChI is InChI=1S/C14H19IN2O/c1-11-5-4-8-17(9-11)10-14(18)16-13-7-3-2-6-12(13)15/h2-3,6-7,11H,4-5,8-10H2,1H3,(H,16,18)/t11-/m0/s1. The van der Waals surface area contributed by atoms with E-state index in [0.717, 1.165) is 22.3 Å². The first-order valence-corrected chi connectivity index (χ1v) is 7.50. The summed E-state index contributed by atoms with van der Waals surface area (Å²) in [4.78, 5) is 14.2. The smallest absolute Gasteiger partial charge is 0.238 e. The molecule has 98 valence electrons. The van der Waals surface area contributed by atoms with E-state index in [0.29, 0.717) is 12.5 Å². The minimum Gasteiger partial charge on any atom is -0.324 e. The predicted molar refractivity (Wildman–Crippen MR) is 82.6 cm³/mol. The van der Waals surface area contributed by atoms with Crippen molar-refractivity contribution in [3.63, 3.8) is 0 Å². The first-order chi connectivity index (χ1) is 8.65. The van der Waals surface area contributed by atoms with E-state index in [4.69, 9.17) is 0 Å². The Morgan fingerprint density at radius 2 is 2.28 bits per heavy atom. The van der Waals surface area contributed by atoms with Crippen molar-refractivity contribution < 1.29 is 4.79 Å². The molecule has 4 heteroatoms. The second kappa shape index (κ2) is 6.52. The van der Waals surface area contributed by atoms with Crippen molar-refractivity contribution in [2.75, 3.05) is 25.0 Å². The van der Waals surface area contributed by atoms with Gasteiger partial charge in [0, 0.05) is 10.1 Å². The van der Waals surface area contributed by atoms with E-state index in [2.05, 4.69) is 39.7 Å². The van der Waals surface area contributed by atoms with Gasteiger partial charge in [-0.25, -0.2) is 0 Å². The molecular formula is C14H19IN2O. The highest BCUT2D eigenvalue weighted by Gasteiger charge is 2.18. The second-order valence-electron chi connectivity index (χ2n) is 5.01. The summed E-state index contributed by atoms with van der Waals surface area (Å²) in [6.45, 7) is 4.85. The number of rotatable bonds is 3. The zero-order valence-corrected chi connectivity index (χ0v) is 12.8. The van der Waals surface area contributed by atoms with Gasteiger partial charge >= 0.3 is 0 Å². The Morgan fingerprint density at radius 3 is 3.00 bits per heavy atom. The number of nitrogens with zero attached hydrogens (tertiary/aromatic N) is 1. The maximum absolute atomic E-state index is 12.0. The van der Waals surface area contributed by atoms with E-state index in [1.807, 2.05) is 24.3 Å². The SMILES string of the molecule is C[C@H]1CCCN(CC(=O)Nc2ccccc2I)C1. The van der Waals surface area contributed by atoms with Gasteiger partial charge in [-0.05, 0) is 60.0 Å². The fraction of sp³-hybridized carbons (Fsp3) is 0.500. The first kappa shape index (κ1) is 13.8. The maximum Gasteiger partial charge on any atom is 0.238 e. The zero-order valence-electron chi connectivity index (χ0n) is 10.7. The van der Waals surface area contributed by atoms with Crippen molar-refractivity contribution in [3.8, 4) is 0 Å². The van der Waals surface area contributed by atoms with Gasteiger partial charge < -0.3 is 5.32 Å². The molecule has 2 rings (SSSR count). The van der Waals surface area contributed by atoms with Crippen LogP contribution in [0.4, 0.5) is 5.69 Å². The van der Waals surface area contributed by atoms with Gasteiger partial charge in [-0.3, -0.25) is 9.69 Å². The van der Waals surface area contributed by atoms with Gasteiger partial charge in [0.15, 0.2) is 0 Å². The molecule has 3 nitrogen and oxygen atoms in total. The van der Waals surface area contributed by atoms with Crippen molar-refractivity contribution in [1.29, 1.82) is 0 Å². The predicted octanol–water partition coefficient (Wildman–Crippen LogP) is 2.96. The number of carbonyl (C=O) groups excluding carboxylic acids is 1. The van der Waals surface area contributed by atoms with Crippen LogP contribution in [0.3, 0.4) is 0 Å². The Hall–Kier alpha value is -0.620.